The van der Waals surface area contributed by atoms with Gasteiger partial charge in [0.25, 0.3) is 0 Å². The summed E-state index contributed by atoms with van der Waals surface area (Å²) < 4.78 is 37.6. The molecule has 1 aliphatic rings. The number of halogens is 3. The molecule has 1 aromatic rings. The number of nitrogens with zero attached hydrogens (tertiary/aromatic N) is 2. The molecule has 2 heterocycles. The molecule has 0 spiro atoms. The van der Waals surface area contributed by atoms with Crippen LogP contribution in [0.2, 0.25) is 0 Å². The number of hydrogen-bond acceptors (Lipinski definition) is 3. The second kappa shape index (κ2) is 4.52. The van der Waals surface area contributed by atoms with Crippen molar-refractivity contribution in [2.24, 2.45) is 0 Å². The summed E-state index contributed by atoms with van der Waals surface area (Å²) in [4.78, 5) is 5.30. The topological polar surface area (TPSA) is 28.2 Å². The molecular formula is C11H14F3N3. The Balaban J connectivity index is 2.21. The van der Waals surface area contributed by atoms with Crippen LogP contribution in [0.15, 0.2) is 18.3 Å². The minimum atomic E-state index is -4.38. The number of nitrogens with one attached hydrogen (secondary N) is 1. The standard InChI is InChI=1S/C11H14F3N3/c1-8-7-17(5-4-15-8)9-2-3-16-10(6-9)11(12,13)14/h2-3,6,8,15H,4-5,7H2,1H3. The average molecular weight is 245 g/mol. The zero-order valence-electron chi connectivity index (χ0n) is 9.46. The van der Waals surface area contributed by atoms with Gasteiger partial charge in [0.1, 0.15) is 5.69 Å². The van der Waals surface area contributed by atoms with Gasteiger partial charge < -0.3 is 10.2 Å². The van der Waals surface area contributed by atoms with Gasteiger partial charge in [-0.25, -0.2) is 0 Å². The maximum Gasteiger partial charge on any atom is 0.433 e. The Kier molecular flexibility index (Phi) is 3.24. The van der Waals surface area contributed by atoms with Gasteiger partial charge in [-0.3, -0.25) is 4.98 Å². The van der Waals surface area contributed by atoms with E-state index in [-0.39, 0.29) is 6.04 Å². The molecule has 0 aliphatic carbocycles. The van der Waals surface area contributed by atoms with Crippen molar-refractivity contribution in [3.63, 3.8) is 0 Å². The molecule has 2 rings (SSSR count). The molecule has 1 aliphatic heterocycles. The third kappa shape index (κ3) is 2.88. The minimum Gasteiger partial charge on any atom is -0.369 e. The molecule has 6 heteroatoms. The molecule has 1 atom stereocenters. The van der Waals surface area contributed by atoms with E-state index < -0.39 is 11.9 Å². The molecule has 0 amide bonds. The lowest BCUT2D eigenvalue weighted by Gasteiger charge is -2.33. The van der Waals surface area contributed by atoms with E-state index in [0.29, 0.717) is 18.8 Å². The van der Waals surface area contributed by atoms with Gasteiger partial charge in [0.2, 0.25) is 0 Å². The zero-order valence-corrected chi connectivity index (χ0v) is 9.46. The SMILES string of the molecule is CC1CN(c2ccnc(C(F)(F)F)c2)CCN1. The number of rotatable bonds is 1. The van der Waals surface area contributed by atoms with Crippen molar-refractivity contribution in [1.82, 2.24) is 10.3 Å². The Morgan fingerprint density at radius 3 is 2.88 bits per heavy atom. The molecule has 3 nitrogen and oxygen atoms in total. The van der Waals surface area contributed by atoms with Gasteiger partial charge in [0.05, 0.1) is 0 Å². The van der Waals surface area contributed by atoms with E-state index in [9.17, 15) is 13.2 Å². The van der Waals surface area contributed by atoms with E-state index in [4.69, 9.17) is 0 Å². The largest absolute Gasteiger partial charge is 0.433 e. The highest BCUT2D eigenvalue weighted by Gasteiger charge is 2.33. The van der Waals surface area contributed by atoms with E-state index in [2.05, 4.69) is 10.3 Å². The van der Waals surface area contributed by atoms with Crippen LogP contribution in [-0.4, -0.2) is 30.7 Å². The maximum atomic E-state index is 12.5. The first-order chi connectivity index (χ1) is 7.97. The molecule has 94 valence electrons. The van der Waals surface area contributed by atoms with Crippen molar-refractivity contribution in [3.8, 4) is 0 Å². The third-order valence-electron chi connectivity index (χ3n) is 2.77. The Morgan fingerprint density at radius 2 is 2.24 bits per heavy atom. The number of hydrogen-bond donors (Lipinski definition) is 1. The van der Waals surface area contributed by atoms with Crippen LogP contribution >= 0.6 is 0 Å². The molecule has 17 heavy (non-hydrogen) atoms. The smallest absolute Gasteiger partial charge is 0.369 e. The van der Waals surface area contributed by atoms with E-state index in [0.717, 1.165) is 12.6 Å². The van der Waals surface area contributed by atoms with Gasteiger partial charge in [-0.1, -0.05) is 0 Å². The van der Waals surface area contributed by atoms with Crippen LogP contribution in [0, 0.1) is 0 Å². The highest BCUT2D eigenvalue weighted by Crippen LogP contribution is 2.29. The number of pyridine rings is 1. The summed E-state index contributed by atoms with van der Waals surface area (Å²) in [5.41, 5.74) is -0.248. The Hall–Kier alpha value is -1.30. The predicted molar refractivity (Wildman–Crippen MR) is 58.9 cm³/mol. The predicted octanol–water partition coefficient (Wildman–Crippen LogP) is 1.90. The number of alkyl halides is 3. The number of piperazine rings is 1. The molecule has 1 unspecified atom stereocenters. The lowest BCUT2D eigenvalue weighted by atomic mass is 10.2. The van der Waals surface area contributed by atoms with Crippen LogP contribution in [-0.2, 0) is 6.18 Å². The molecule has 1 aromatic heterocycles. The quantitative estimate of drug-likeness (QED) is 0.819. The Labute approximate surface area is 97.6 Å². The molecule has 1 fully saturated rings. The summed E-state index contributed by atoms with van der Waals surface area (Å²) >= 11 is 0. The molecule has 0 saturated carbocycles. The van der Waals surface area contributed by atoms with Crippen molar-refractivity contribution in [2.45, 2.75) is 19.1 Å². The van der Waals surface area contributed by atoms with E-state index in [1.165, 1.54) is 6.20 Å². The van der Waals surface area contributed by atoms with Crippen molar-refractivity contribution in [3.05, 3.63) is 24.0 Å². The Morgan fingerprint density at radius 1 is 1.47 bits per heavy atom. The van der Waals surface area contributed by atoms with Gasteiger partial charge in [-0.2, -0.15) is 13.2 Å². The third-order valence-corrected chi connectivity index (χ3v) is 2.77. The second-order valence-corrected chi connectivity index (χ2v) is 4.20. The summed E-state index contributed by atoms with van der Waals surface area (Å²) in [6.45, 7) is 4.22. The molecule has 1 saturated heterocycles. The molecule has 1 N–H and O–H groups in total. The Bertz CT molecular complexity index is 392. The van der Waals surface area contributed by atoms with Gasteiger partial charge in [-0.05, 0) is 19.1 Å². The summed E-state index contributed by atoms with van der Waals surface area (Å²) in [5, 5.41) is 3.25. The van der Waals surface area contributed by atoms with Crippen molar-refractivity contribution in [1.29, 1.82) is 0 Å². The van der Waals surface area contributed by atoms with Crippen molar-refractivity contribution < 1.29 is 13.2 Å². The van der Waals surface area contributed by atoms with Crippen LogP contribution in [0.4, 0.5) is 18.9 Å². The fraction of sp³-hybridized carbons (Fsp3) is 0.545. The number of anilines is 1. The normalized spacial score (nSPS) is 21.6. The maximum absolute atomic E-state index is 12.5. The first kappa shape index (κ1) is 12.2. The highest BCUT2D eigenvalue weighted by molar-refractivity contribution is 5.47. The monoisotopic (exact) mass is 245 g/mol. The zero-order chi connectivity index (χ0) is 12.5. The van der Waals surface area contributed by atoms with E-state index in [1.54, 1.807) is 6.07 Å². The van der Waals surface area contributed by atoms with Gasteiger partial charge in [-0.15, -0.1) is 0 Å². The van der Waals surface area contributed by atoms with E-state index in [1.807, 2.05) is 11.8 Å². The molecule has 0 bridgehead atoms. The minimum absolute atomic E-state index is 0.284. The van der Waals surface area contributed by atoms with Crippen molar-refractivity contribution in [2.75, 3.05) is 24.5 Å². The summed E-state index contributed by atoms with van der Waals surface area (Å²) in [5.74, 6) is 0. The summed E-state index contributed by atoms with van der Waals surface area (Å²) in [6.07, 6.45) is -3.17. The summed E-state index contributed by atoms with van der Waals surface area (Å²) in [6, 6.07) is 3.01. The molecular weight excluding hydrogens is 231 g/mol. The van der Waals surface area contributed by atoms with Crippen LogP contribution in [0.1, 0.15) is 12.6 Å². The van der Waals surface area contributed by atoms with Crippen LogP contribution in [0.5, 0.6) is 0 Å². The van der Waals surface area contributed by atoms with Crippen LogP contribution in [0.25, 0.3) is 0 Å². The summed E-state index contributed by atoms with van der Waals surface area (Å²) in [7, 11) is 0. The first-order valence-corrected chi connectivity index (χ1v) is 5.48. The first-order valence-electron chi connectivity index (χ1n) is 5.48. The second-order valence-electron chi connectivity index (χ2n) is 4.20. The van der Waals surface area contributed by atoms with Gasteiger partial charge in [0.15, 0.2) is 0 Å². The van der Waals surface area contributed by atoms with Gasteiger partial charge in [0, 0.05) is 37.6 Å². The fourth-order valence-corrected chi connectivity index (χ4v) is 1.94. The average Bonchev–Trinajstić information content (AvgIpc) is 2.28. The number of aromatic nitrogens is 1. The molecule has 0 radical (unpaired) electrons. The lowest BCUT2D eigenvalue weighted by molar-refractivity contribution is -0.141. The van der Waals surface area contributed by atoms with Crippen LogP contribution < -0.4 is 10.2 Å². The van der Waals surface area contributed by atoms with Crippen molar-refractivity contribution >= 4 is 5.69 Å². The fourth-order valence-electron chi connectivity index (χ4n) is 1.94. The lowest BCUT2D eigenvalue weighted by Crippen LogP contribution is -2.49. The highest BCUT2D eigenvalue weighted by atomic mass is 19.4. The van der Waals surface area contributed by atoms with Crippen LogP contribution in [0.3, 0.4) is 0 Å². The van der Waals surface area contributed by atoms with Gasteiger partial charge >= 0.3 is 6.18 Å². The molecule has 0 aromatic carbocycles. The van der Waals surface area contributed by atoms with E-state index >= 15 is 0 Å².